The molecular weight excluding hydrogens is 164 g/mol. The molecule has 0 bridgehead atoms. The van der Waals surface area contributed by atoms with Crippen LogP contribution in [0.5, 0.6) is 0 Å². The van der Waals surface area contributed by atoms with Crippen LogP contribution < -0.4 is 0 Å². The first-order chi connectivity index (χ1) is 4.77. The fourth-order valence-electron chi connectivity index (χ4n) is 1.24. The summed E-state index contributed by atoms with van der Waals surface area (Å²) >= 11 is 2.06. The van der Waals surface area contributed by atoms with Crippen molar-refractivity contribution in [1.82, 2.24) is 0 Å². The molecule has 0 radical (unpaired) electrons. The van der Waals surface area contributed by atoms with Crippen LogP contribution in [0.4, 0.5) is 0 Å². The second-order valence-electron chi connectivity index (χ2n) is 3.13. The van der Waals surface area contributed by atoms with Gasteiger partial charge in [0.25, 0.3) is 0 Å². The Labute approximate surface area is 68.4 Å². The van der Waals surface area contributed by atoms with E-state index in [1.807, 2.05) is 0 Å². The Hall–Kier alpha value is 0.500. The van der Waals surface area contributed by atoms with Gasteiger partial charge in [-0.3, -0.25) is 4.21 Å². The summed E-state index contributed by atoms with van der Waals surface area (Å²) < 4.78 is 10.7. The Morgan fingerprint density at radius 1 is 1.60 bits per heavy atom. The lowest BCUT2D eigenvalue weighted by atomic mass is 10.2. The highest BCUT2D eigenvalue weighted by Gasteiger charge is 2.38. The Kier molecular flexibility index (Phi) is 1.81. The standard InChI is InChI=1S/C7H12OS2/c1-5-7(9-5)3-2-6-4-10(6)8/h5-7H,2-4H2,1H3. The van der Waals surface area contributed by atoms with E-state index in [4.69, 9.17) is 0 Å². The highest BCUT2D eigenvalue weighted by Crippen LogP contribution is 2.44. The Morgan fingerprint density at radius 2 is 2.20 bits per heavy atom. The van der Waals surface area contributed by atoms with E-state index in [-0.39, 0.29) is 0 Å². The van der Waals surface area contributed by atoms with E-state index >= 15 is 0 Å². The van der Waals surface area contributed by atoms with Crippen molar-refractivity contribution in [3.05, 3.63) is 0 Å². The molecule has 4 unspecified atom stereocenters. The van der Waals surface area contributed by atoms with Gasteiger partial charge in [-0.25, -0.2) is 0 Å². The van der Waals surface area contributed by atoms with E-state index in [2.05, 4.69) is 18.7 Å². The zero-order valence-electron chi connectivity index (χ0n) is 6.08. The molecule has 0 saturated carbocycles. The highest BCUT2D eigenvalue weighted by atomic mass is 32.2. The maximum atomic E-state index is 10.7. The first kappa shape index (κ1) is 7.17. The fourth-order valence-corrected chi connectivity index (χ4v) is 3.13. The summed E-state index contributed by atoms with van der Waals surface area (Å²) in [4.78, 5) is 0. The molecule has 0 aromatic carbocycles. The minimum absolute atomic E-state index is 0.408. The molecule has 0 aliphatic carbocycles. The van der Waals surface area contributed by atoms with Crippen LogP contribution in [0.25, 0.3) is 0 Å². The molecule has 4 atom stereocenters. The maximum absolute atomic E-state index is 10.7. The molecule has 10 heavy (non-hydrogen) atoms. The predicted octanol–water partition coefficient (Wildman–Crippen LogP) is 1.40. The average Bonchev–Trinajstić information content (AvgIpc) is 2.71. The molecule has 2 aliphatic heterocycles. The van der Waals surface area contributed by atoms with Gasteiger partial charge in [-0.1, -0.05) is 6.92 Å². The van der Waals surface area contributed by atoms with Crippen molar-refractivity contribution in [2.75, 3.05) is 5.75 Å². The molecule has 0 amide bonds. The molecule has 0 aromatic rings. The summed E-state index contributed by atoms with van der Waals surface area (Å²) in [5.74, 6) is 0.992. The van der Waals surface area contributed by atoms with E-state index in [9.17, 15) is 4.21 Å². The van der Waals surface area contributed by atoms with Crippen molar-refractivity contribution in [3.63, 3.8) is 0 Å². The zero-order valence-corrected chi connectivity index (χ0v) is 7.71. The summed E-state index contributed by atoms with van der Waals surface area (Å²) in [7, 11) is -0.408. The lowest BCUT2D eigenvalue weighted by Gasteiger charge is -1.90. The maximum Gasteiger partial charge on any atom is 0.0464 e. The lowest BCUT2D eigenvalue weighted by Crippen LogP contribution is -1.93. The van der Waals surface area contributed by atoms with Crippen molar-refractivity contribution in [3.8, 4) is 0 Å². The summed E-state index contributed by atoms with van der Waals surface area (Å²) in [6.07, 6.45) is 2.52. The molecule has 1 nitrogen and oxygen atoms in total. The second-order valence-corrected chi connectivity index (χ2v) is 6.51. The summed E-state index contributed by atoms with van der Waals surface area (Å²) in [5, 5.41) is 2.40. The normalized spacial score (nSPS) is 50.9. The number of rotatable bonds is 3. The lowest BCUT2D eigenvalue weighted by molar-refractivity contribution is 0.688. The molecule has 58 valence electrons. The van der Waals surface area contributed by atoms with Gasteiger partial charge in [-0.15, -0.1) is 0 Å². The van der Waals surface area contributed by atoms with Crippen LogP contribution in [-0.4, -0.2) is 25.7 Å². The highest BCUT2D eigenvalue weighted by molar-refractivity contribution is 8.07. The van der Waals surface area contributed by atoms with Crippen molar-refractivity contribution < 1.29 is 4.21 Å². The summed E-state index contributed by atoms with van der Waals surface area (Å²) in [5.41, 5.74) is 0. The zero-order chi connectivity index (χ0) is 7.14. The smallest absolute Gasteiger partial charge is 0.0464 e. The van der Waals surface area contributed by atoms with Gasteiger partial charge in [0.2, 0.25) is 0 Å². The van der Waals surface area contributed by atoms with Gasteiger partial charge in [0.1, 0.15) is 0 Å². The number of hydrogen-bond acceptors (Lipinski definition) is 2. The first-order valence-electron chi connectivity index (χ1n) is 3.80. The minimum Gasteiger partial charge on any atom is -0.259 e. The summed E-state index contributed by atoms with van der Waals surface area (Å²) in [6.45, 7) is 2.28. The van der Waals surface area contributed by atoms with E-state index < -0.39 is 10.8 Å². The molecule has 3 heteroatoms. The molecule has 2 heterocycles. The van der Waals surface area contributed by atoms with Gasteiger partial charge >= 0.3 is 0 Å². The molecular formula is C7H12OS2. The van der Waals surface area contributed by atoms with Gasteiger partial charge < -0.3 is 0 Å². The van der Waals surface area contributed by atoms with Gasteiger partial charge in [-0.2, -0.15) is 11.8 Å². The average molecular weight is 176 g/mol. The quantitative estimate of drug-likeness (QED) is 0.605. The molecule has 0 spiro atoms. The SMILES string of the molecule is CC1SC1CCC1CS1=O. The van der Waals surface area contributed by atoms with E-state index in [0.717, 1.165) is 16.3 Å². The van der Waals surface area contributed by atoms with Crippen molar-refractivity contribution >= 4 is 22.6 Å². The third-order valence-electron chi connectivity index (χ3n) is 2.22. The van der Waals surface area contributed by atoms with Crippen molar-refractivity contribution in [2.24, 2.45) is 0 Å². The van der Waals surface area contributed by atoms with Crippen LogP contribution in [-0.2, 0) is 10.8 Å². The molecule has 2 fully saturated rings. The molecule has 0 aromatic heterocycles. The first-order valence-corrected chi connectivity index (χ1v) is 6.12. The summed E-state index contributed by atoms with van der Waals surface area (Å²) in [6, 6.07) is 0. The van der Waals surface area contributed by atoms with Crippen LogP contribution in [0.1, 0.15) is 19.8 Å². The van der Waals surface area contributed by atoms with Crippen molar-refractivity contribution in [2.45, 2.75) is 35.5 Å². The van der Waals surface area contributed by atoms with Crippen molar-refractivity contribution in [1.29, 1.82) is 0 Å². The third-order valence-corrected chi connectivity index (χ3v) is 5.10. The van der Waals surface area contributed by atoms with Crippen LogP contribution >= 0.6 is 11.8 Å². The molecule has 2 aliphatic rings. The molecule has 0 N–H and O–H groups in total. The third kappa shape index (κ3) is 1.56. The Balaban J connectivity index is 1.61. The Bertz CT molecular complexity index is 169. The van der Waals surface area contributed by atoms with Gasteiger partial charge in [0, 0.05) is 32.3 Å². The van der Waals surface area contributed by atoms with Gasteiger partial charge in [0.15, 0.2) is 0 Å². The monoisotopic (exact) mass is 176 g/mol. The number of thioether (sulfide) groups is 1. The molecule has 2 rings (SSSR count). The molecule has 2 saturated heterocycles. The van der Waals surface area contributed by atoms with Gasteiger partial charge in [0.05, 0.1) is 0 Å². The largest absolute Gasteiger partial charge is 0.259 e. The fraction of sp³-hybridized carbons (Fsp3) is 1.00. The van der Waals surface area contributed by atoms with Crippen LogP contribution in [0, 0.1) is 0 Å². The van der Waals surface area contributed by atoms with Crippen LogP contribution in [0.2, 0.25) is 0 Å². The Morgan fingerprint density at radius 3 is 2.60 bits per heavy atom. The predicted molar refractivity (Wildman–Crippen MR) is 46.9 cm³/mol. The topological polar surface area (TPSA) is 17.1 Å². The number of hydrogen-bond donors (Lipinski definition) is 0. The van der Waals surface area contributed by atoms with E-state index in [0.29, 0.717) is 5.25 Å². The van der Waals surface area contributed by atoms with E-state index in [1.54, 1.807) is 0 Å². The van der Waals surface area contributed by atoms with Crippen LogP contribution in [0.15, 0.2) is 0 Å². The minimum atomic E-state index is -0.408. The van der Waals surface area contributed by atoms with Gasteiger partial charge in [-0.05, 0) is 12.8 Å². The second kappa shape index (κ2) is 2.52. The van der Waals surface area contributed by atoms with E-state index in [1.165, 1.54) is 12.8 Å². The van der Waals surface area contributed by atoms with Crippen LogP contribution in [0.3, 0.4) is 0 Å².